The highest BCUT2D eigenvalue weighted by molar-refractivity contribution is 7.30. The van der Waals surface area contributed by atoms with Gasteiger partial charge in [-0.25, -0.2) is 5.01 Å². The van der Waals surface area contributed by atoms with Gasteiger partial charge in [-0.3, -0.25) is 19.6 Å². The second kappa shape index (κ2) is 8.56. The smallest absolute Gasteiger partial charge is 0.314 e. The second-order valence-corrected chi connectivity index (χ2v) is 5.03. The van der Waals surface area contributed by atoms with Crippen LogP contribution in [-0.2, 0) is 14.2 Å². The van der Waals surface area contributed by atoms with Gasteiger partial charge in [0.25, 0.3) is 11.8 Å². The minimum absolute atomic E-state index is 0.144. The predicted octanol–water partition coefficient (Wildman–Crippen LogP) is 1.23. The highest BCUT2D eigenvalue weighted by atomic mass is 31.1. The summed E-state index contributed by atoms with van der Waals surface area (Å²) >= 11 is 0. The van der Waals surface area contributed by atoms with Crippen molar-refractivity contribution in [2.75, 3.05) is 5.01 Å². The van der Waals surface area contributed by atoms with Crippen LogP contribution in [0.15, 0.2) is 30.3 Å². The van der Waals surface area contributed by atoms with Crippen LogP contribution in [-0.4, -0.2) is 21.6 Å². The normalized spacial score (nSPS) is 17.5. The monoisotopic (exact) mass is 314 g/mol. The molecule has 1 aromatic carbocycles. The molecule has 1 unspecified atom stereocenters. The zero-order valence-electron chi connectivity index (χ0n) is 11.7. The summed E-state index contributed by atoms with van der Waals surface area (Å²) in [7, 11) is -3.13. The maximum absolute atomic E-state index is 12.1. The molecular weight excluding hydrogens is 295 g/mol. The summed E-state index contributed by atoms with van der Waals surface area (Å²) in [6.07, 6.45) is 2.51. The van der Waals surface area contributed by atoms with E-state index in [4.69, 9.17) is 14.4 Å². The largest absolute Gasteiger partial charge is 0.326 e. The molecule has 1 fully saturated rings. The molecule has 8 heteroatoms. The minimum Gasteiger partial charge on any atom is -0.326 e. The van der Waals surface area contributed by atoms with Gasteiger partial charge in [0.2, 0.25) is 0 Å². The Bertz CT molecular complexity index is 505. The van der Waals surface area contributed by atoms with E-state index in [-0.39, 0.29) is 11.8 Å². The molecule has 0 aliphatic carbocycles. The number of hydrogen-bond acceptors (Lipinski definition) is 3. The molecule has 3 N–H and O–H groups in total. The Morgan fingerprint density at radius 1 is 1.24 bits per heavy atom. The average molecular weight is 314 g/mol. The maximum atomic E-state index is 12.1. The van der Waals surface area contributed by atoms with Crippen molar-refractivity contribution in [3.63, 3.8) is 0 Å². The van der Waals surface area contributed by atoms with Gasteiger partial charge >= 0.3 is 8.25 Å². The van der Waals surface area contributed by atoms with E-state index < -0.39 is 14.2 Å². The molecular formula is C13H19N2O5P. The first kappa shape index (κ1) is 17.4. The molecule has 2 rings (SSSR count). The molecule has 21 heavy (non-hydrogen) atoms. The number of carbonyl (C=O) groups excluding carboxylic acids is 2. The van der Waals surface area contributed by atoms with E-state index in [2.05, 4.69) is 5.43 Å². The van der Waals surface area contributed by atoms with E-state index in [1.165, 1.54) is 5.01 Å². The van der Waals surface area contributed by atoms with Crippen LogP contribution in [0, 0.1) is 5.92 Å². The van der Waals surface area contributed by atoms with Gasteiger partial charge in [0.05, 0.1) is 5.69 Å². The van der Waals surface area contributed by atoms with Crippen LogP contribution in [0.4, 0.5) is 5.69 Å². The van der Waals surface area contributed by atoms with Gasteiger partial charge in [-0.2, -0.15) is 0 Å². The van der Waals surface area contributed by atoms with Gasteiger partial charge in [0, 0.05) is 0 Å². The van der Waals surface area contributed by atoms with Gasteiger partial charge in [-0.05, 0) is 18.6 Å². The van der Waals surface area contributed by atoms with Crippen molar-refractivity contribution < 1.29 is 23.9 Å². The van der Waals surface area contributed by atoms with Crippen LogP contribution in [0.1, 0.15) is 26.2 Å². The number of nitrogens with one attached hydrogen (secondary N) is 1. The Morgan fingerprint density at radius 3 is 2.33 bits per heavy atom. The summed E-state index contributed by atoms with van der Waals surface area (Å²) in [5, 5.41) is 1.35. The van der Waals surface area contributed by atoms with Crippen molar-refractivity contribution >= 4 is 25.8 Å². The topological polar surface area (TPSA) is 107 Å². The fraction of sp³-hybridized carbons (Fsp3) is 0.385. The molecule has 7 nitrogen and oxygen atoms in total. The van der Waals surface area contributed by atoms with Gasteiger partial charge in [0.15, 0.2) is 0 Å². The first-order valence-corrected chi connectivity index (χ1v) is 7.89. The number of hydrazine groups is 1. The first-order valence-electron chi connectivity index (χ1n) is 6.58. The molecule has 0 saturated carbocycles. The molecule has 1 atom stereocenters. The van der Waals surface area contributed by atoms with Crippen LogP contribution >= 0.6 is 8.25 Å². The second-order valence-electron chi connectivity index (χ2n) is 4.46. The SMILES string of the molecule is CCCCC1C(=O)NN(c2ccccc2)C1=O.O=[PH](O)O. The molecule has 116 valence electrons. The molecule has 1 aromatic rings. The van der Waals surface area contributed by atoms with E-state index in [0.29, 0.717) is 12.1 Å². The lowest BCUT2D eigenvalue weighted by molar-refractivity contribution is -0.127. The number of unbranched alkanes of at least 4 members (excludes halogenated alkanes) is 1. The van der Waals surface area contributed by atoms with Crippen molar-refractivity contribution in [2.45, 2.75) is 26.2 Å². The summed E-state index contributed by atoms with van der Waals surface area (Å²) in [6.45, 7) is 2.05. The molecule has 0 bridgehead atoms. The number of rotatable bonds is 4. The lowest BCUT2D eigenvalue weighted by Crippen LogP contribution is -2.35. The van der Waals surface area contributed by atoms with Crippen molar-refractivity contribution in [3.8, 4) is 0 Å². The summed E-state index contributed by atoms with van der Waals surface area (Å²) in [4.78, 5) is 38.1. The Labute approximate surface area is 123 Å². The van der Waals surface area contributed by atoms with Crippen LogP contribution in [0.3, 0.4) is 0 Å². The molecule has 1 aliphatic rings. The molecule has 1 heterocycles. The zero-order chi connectivity index (χ0) is 15.8. The van der Waals surface area contributed by atoms with Gasteiger partial charge < -0.3 is 9.79 Å². The Hall–Kier alpha value is -1.69. The third-order valence-corrected chi connectivity index (χ3v) is 2.92. The minimum atomic E-state index is -3.13. The van der Waals surface area contributed by atoms with Crippen molar-refractivity contribution in [2.24, 2.45) is 5.92 Å². The lowest BCUT2D eigenvalue weighted by atomic mass is 10.0. The fourth-order valence-electron chi connectivity index (χ4n) is 1.94. The molecule has 1 saturated heterocycles. The number of nitrogens with zero attached hydrogens (tertiary/aromatic N) is 1. The summed E-state index contributed by atoms with van der Waals surface area (Å²) in [5.74, 6) is -0.850. The fourth-order valence-corrected chi connectivity index (χ4v) is 1.94. The van der Waals surface area contributed by atoms with E-state index in [1.54, 1.807) is 12.1 Å². The lowest BCUT2D eigenvalue weighted by Gasteiger charge is -2.14. The average Bonchev–Trinajstić information content (AvgIpc) is 2.72. The Morgan fingerprint density at radius 2 is 1.81 bits per heavy atom. The standard InChI is InChI=1S/C13H16N2O2.H3O3P/c1-2-3-9-11-12(16)14-15(13(11)17)10-7-5-4-6-8-10;1-4(2)3/h4-8,11H,2-3,9H2,1H3,(H,14,16);4H,(H2,1,2,3). The number of anilines is 1. The highest BCUT2D eigenvalue weighted by Gasteiger charge is 2.39. The van der Waals surface area contributed by atoms with E-state index in [0.717, 1.165) is 12.8 Å². The predicted molar refractivity (Wildman–Crippen MR) is 78.5 cm³/mol. The molecule has 1 aliphatic heterocycles. The maximum Gasteiger partial charge on any atom is 0.314 e. The number of amides is 2. The Kier molecular flexibility index (Phi) is 7.08. The molecule has 2 amide bonds. The van der Waals surface area contributed by atoms with E-state index in [9.17, 15) is 9.59 Å². The van der Waals surface area contributed by atoms with E-state index >= 15 is 0 Å². The van der Waals surface area contributed by atoms with Gasteiger partial charge in [-0.15, -0.1) is 0 Å². The molecule has 0 aromatic heterocycles. The number of carbonyl (C=O) groups is 2. The van der Waals surface area contributed by atoms with Crippen molar-refractivity contribution in [1.29, 1.82) is 0 Å². The van der Waals surface area contributed by atoms with Crippen LogP contribution in [0.2, 0.25) is 0 Å². The van der Waals surface area contributed by atoms with Gasteiger partial charge in [0.1, 0.15) is 5.92 Å². The first-order chi connectivity index (χ1) is 9.97. The third kappa shape index (κ3) is 5.30. The summed E-state index contributed by atoms with van der Waals surface area (Å²) in [5.41, 5.74) is 3.34. The van der Waals surface area contributed by atoms with Gasteiger partial charge in [-0.1, -0.05) is 38.0 Å². The number of para-hydroxylation sites is 1. The molecule has 0 radical (unpaired) electrons. The van der Waals surface area contributed by atoms with Crippen molar-refractivity contribution in [1.82, 2.24) is 5.43 Å². The van der Waals surface area contributed by atoms with Crippen LogP contribution in [0.5, 0.6) is 0 Å². The van der Waals surface area contributed by atoms with E-state index in [1.807, 2.05) is 25.1 Å². The Balaban J connectivity index is 0.000000491. The van der Waals surface area contributed by atoms with Crippen LogP contribution in [0.25, 0.3) is 0 Å². The quantitative estimate of drug-likeness (QED) is 0.572. The third-order valence-electron chi connectivity index (χ3n) is 2.92. The summed E-state index contributed by atoms with van der Waals surface area (Å²) in [6, 6.07) is 9.17. The number of benzene rings is 1. The van der Waals surface area contributed by atoms with Crippen LogP contribution < -0.4 is 10.4 Å². The zero-order valence-corrected chi connectivity index (χ0v) is 12.7. The molecule has 0 spiro atoms. The number of hydrogen-bond donors (Lipinski definition) is 3. The van der Waals surface area contributed by atoms with Crippen molar-refractivity contribution in [3.05, 3.63) is 30.3 Å². The summed E-state index contributed by atoms with van der Waals surface area (Å²) < 4.78 is 8.74. The highest BCUT2D eigenvalue weighted by Crippen LogP contribution is 2.22.